The first kappa shape index (κ1) is 33.0. The van der Waals surface area contributed by atoms with Gasteiger partial charge in [0.25, 0.3) is 0 Å². The highest BCUT2D eigenvalue weighted by atomic mass is 14.7. The summed E-state index contributed by atoms with van der Waals surface area (Å²) in [5.74, 6) is 0. The molecule has 9 rings (SSSR count). The number of nitrogens with zero attached hydrogens (tertiary/aromatic N) is 2. The summed E-state index contributed by atoms with van der Waals surface area (Å²) in [6.45, 7) is 2.74. The highest BCUT2D eigenvalue weighted by molar-refractivity contribution is 6.25. The lowest BCUT2D eigenvalue weighted by atomic mass is 9.92. The average Bonchev–Trinajstić information content (AvgIpc) is 3.26. The normalized spacial score (nSPS) is 12.1. The lowest BCUT2D eigenvalue weighted by Crippen LogP contribution is -2.00. The number of hydrogen-bond donors (Lipinski definition) is 0. The van der Waals surface area contributed by atoms with E-state index in [0.29, 0.717) is 6.54 Å². The molecule has 2 nitrogen and oxygen atoms in total. The van der Waals surface area contributed by atoms with Gasteiger partial charge in [0.05, 0.1) is 12.3 Å². The lowest BCUT2D eigenvalue weighted by molar-refractivity contribution is 1.07. The van der Waals surface area contributed by atoms with Gasteiger partial charge in [-0.1, -0.05) is 164 Å². The van der Waals surface area contributed by atoms with Gasteiger partial charge in [0.2, 0.25) is 0 Å². The maximum atomic E-state index is 5.25. The number of allylic oxidation sites excluding steroid dienone is 2. The van der Waals surface area contributed by atoms with Crippen molar-refractivity contribution in [2.75, 3.05) is 0 Å². The predicted octanol–water partition coefficient (Wildman–Crippen LogP) is 13.6. The molecular weight excluding hydrogens is 653 g/mol. The summed E-state index contributed by atoms with van der Waals surface area (Å²) < 4.78 is 0. The number of hydrogen-bond acceptors (Lipinski definition) is 2. The molecule has 0 saturated heterocycles. The predicted molar refractivity (Wildman–Crippen MR) is 230 cm³/mol. The molecule has 0 aliphatic carbocycles. The average molecular weight is 691 g/mol. The Balaban J connectivity index is 1.04. The zero-order valence-electron chi connectivity index (χ0n) is 30.2. The van der Waals surface area contributed by atoms with E-state index in [2.05, 4.69) is 194 Å². The summed E-state index contributed by atoms with van der Waals surface area (Å²) >= 11 is 0. The van der Waals surface area contributed by atoms with Crippen molar-refractivity contribution in [3.63, 3.8) is 0 Å². The number of fused-ring (bicyclic) bond motifs is 6. The summed E-state index contributed by atoms with van der Waals surface area (Å²) in [5.41, 5.74) is 12.6. The molecule has 54 heavy (non-hydrogen) atoms. The smallest absolute Gasteiger partial charge is 0.0653 e. The molecule has 0 bridgehead atoms. The van der Waals surface area contributed by atoms with Crippen LogP contribution in [0, 0.1) is 0 Å². The second-order valence-corrected chi connectivity index (χ2v) is 13.8. The highest BCUT2D eigenvalue weighted by Gasteiger charge is 2.11. The van der Waals surface area contributed by atoms with Gasteiger partial charge in [-0.3, -0.25) is 9.98 Å². The van der Waals surface area contributed by atoms with Crippen LogP contribution in [-0.2, 0) is 6.54 Å². The third kappa shape index (κ3) is 6.62. The molecule has 0 radical (unpaired) electrons. The topological polar surface area (TPSA) is 25.2 Å². The van der Waals surface area contributed by atoms with Crippen LogP contribution in [0.15, 0.2) is 205 Å². The van der Waals surface area contributed by atoms with E-state index in [1.54, 1.807) is 0 Å². The largest absolute Gasteiger partial charge is 0.280 e. The Hall–Kier alpha value is -6.90. The van der Waals surface area contributed by atoms with Crippen LogP contribution >= 0.6 is 0 Å². The van der Waals surface area contributed by atoms with Crippen molar-refractivity contribution in [1.82, 2.24) is 4.98 Å². The number of rotatable bonds is 8. The first-order valence-electron chi connectivity index (χ1n) is 18.5. The van der Waals surface area contributed by atoms with E-state index in [1.165, 1.54) is 60.1 Å². The molecule has 0 N–H and O–H groups in total. The van der Waals surface area contributed by atoms with Gasteiger partial charge in [-0.2, -0.15) is 0 Å². The molecule has 0 spiro atoms. The van der Waals surface area contributed by atoms with Crippen LogP contribution in [0.1, 0.15) is 23.6 Å². The van der Waals surface area contributed by atoms with Crippen LogP contribution in [0.3, 0.4) is 0 Å². The number of aliphatic imine (C=N–C) groups is 1. The van der Waals surface area contributed by atoms with Crippen LogP contribution in [0.2, 0.25) is 0 Å². The van der Waals surface area contributed by atoms with Crippen molar-refractivity contribution in [1.29, 1.82) is 0 Å². The third-order valence-electron chi connectivity index (χ3n) is 10.4. The first-order valence-corrected chi connectivity index (χ1v) is 18.5. The Morgan fingerprint density at radius 2 is 0.981 bits per heavy atom. The monoisotopic (exact) mass is 690 g/mol. The summed E-state index contributed by atoms with van der Waals surface area (Å²) in [4.78, 5) is 9.58. The van der Waals surface area contributed by atoms with Crippen molar-refractivity contribution in [3.05, 3.63) is 217 Å². The Bertz CT molecular complexity index is 2780. The van der Waals surface area contributed by atoms with Crippen LogP contribution in [0.5, 0.6) is 0 Å². The van der Waals surface area contributed by atoms with Crippen LogP contribution < -0.4 is 0 Å². The fraction of sp³-hybridized carbons (Fsp3) is 0.0385. The lowest BCUT2D eigenvalue weighted by Gasteiger charge is -2.12. The number of aromatic nitrogens is 1. The van der Waals surface area contributed by atoms with Gasteiger partial charge >= 0.3 is 0 Å². The summed E-state index contributed by atoms with van der Waals surface area (Å²) in [7, 11) is 0. The zero-order chi connectivity index (χ0) is 36.3. The SMILES string of the molecule is C/C(=C\C(=NCc1ccc(-c2ccc3c4ccccc4c4ccccc4c3c2)cc1)c1ccc(-c2ccccc2)cc1)c1cccc(-c2cccnc2)c1. The second kappa shape index (κ2) is 14.6. The minimum atomic E-state index is 0.573. The third-order valence-corrected chi connectivity index (χ3v) is 10.4. The molecule has 0 atom stereocenters. The fourth-order valence-corrected chi connectivity index (χ4v) is 7.52. The molecule has 2 heteroatoms. The summed E-state index contributed by atoms with van der Waals surface area (Å²) in [5, 5.41) is 7.74. The molecule has 0 unspecified atom stereocenters. The molecule has 1 aromatic heterocycles. The maximum Gasteiger partial charge on any atom is 0.0653 e. The van der Waals surface area contributed by atoms with E-state index in [9.17, 15) is 0 Å². The molecular formula is C52H38N2. The van der Waals surface area contributed by atoms with Crippen molar-refractivity contribution in [3.8, 4) is 33.4 Å². The fourth-order valence-electron chi connectivity index (χ4n) is 7.52. The molecule has 0 aliphatic rings. The Morgan fingerprint density at radius 1 is 0.444 bits per heavy atom. The van der Waals surface area contributed by atoms with E-state index < -0.39 is 0 Å². The molecule has 256 valence electrons. The van der Waals surface area contributed by atoms with E-state index >= 15 is 0 Å². The van der Waals surface area contributed by atoms with Gasteiger partial charge in [0.1, 0.15) is 0 Å². The Kier molecular flexibility index (Phi) is 8.92. The quantitative estimate of drug-likeness (QED) is 0.115. The van der Waals surface area contributed by atoms with Crippen molar-refractivity contribution in [2.24, 2.45) is 4.99 Å². The van der Waals surface area contributed by atoms with Gasteiger partial charge in [0, 0.05) is 18.0 Å². The van der Waals surface area contributed by atoms with Gasteiger partial charge in [-0.25, -0.2) is 0 Å². The van der Waals surface area contributed by atoms with E-state index in [4.69, 9.17) is 4.99 Å². The number of benzene rings is 8. The standard InChI is InChI=1S/C52H38N2/c1-36(42-13-9-14-43(32-42)45-15-10-30-53-35-45)31-52(41-26-24-39(25-27-41)38-11-3-2-4-12-38)54-34-37-20-22-40(23-21-37)44-28-29-50-48-18-6-5-16-46(48)47-17-7-8-19-49(47)51(50)33-44/h2-33,35H,34H2,1H3/b36-31+,54-52?. The second-order valence-electron chi connectivity index (χ2n) is 13.8. The number of pyridine rings is 1. The summed E-state index contributed by atoms with van der Waals surface area (Å²) in [6.07, 6.45) is 5.94. The first-order chi connectivity index (χ1) is 26.7. The van der Waals surface area contributed by atoms with E-state index in [1.807, 2.05) is 18.5 Å². The van der Waals surface area contributed by atoms with Crippen LogP contribution in [0.25, 0.3) is 71.3 Å². The minimum Gasteiger partial charge on any atom is -0.280 e. The Morgan fingerprint density at radius 3 is 1.67 bits per heavy atom. The molecule has 0 saturated carbocycles. The maximum absolute atomic E-state index is 5.25. The van der Waals surface area contributed by atoms with E-state index in [0.717, 1.165) is 33.5 Å². The molecule has 8 aromatic carbocycles. The zero-order valence-corrected chi connectivity index (χ0v) is 30.2. The van der Waals surface area contributed by atoms with Crippen LogP contribution in [0.4, 0.5) is 0 Å². The molecule has 0 fully saturated rings. The Labute approximate surface area is 316 Å². The van der Waals surface area contributed by atoms with Gasteiger partial charge < -0.3 is 0 Å². The van der Waals surface area contributed by atoms with E-state index in [-0.39, 0.29) is 0 Å². The van der Waals surface area contributed by atoms with Crippen LogP contribution in [-0.4, -0.2) is 10.7 Å². The van der Waals surface area contributed by atoms with Crippen molar-refractivity contribution >= 4 is 43.6 Å². The highest BCUT2D eigenvalue weighted by Crippen LogP contribution is 2.37. The van der Waals surface area contributed by atoms with Gasteiger partial charge in [-0.05, 0) is 114 Å². The van der Waals surface area contributed by atoms with Crippen molar-refractivity contribution in [2.45, 2.75) is 13.5 Å². The molecule has 0 amide bonds. The molecule has 0 aliphatic heterocycles. The summed E-state index contributed by atoms with van der Waals surface area (Å²) in [6, 6.07) is 65.3. The van der Waals surface area contributed by atoms with Gasteiger partial charge in [0.15, 0.2) is 0 Å². The molecule has 1 heterocycles. The minimum absolute atomic E-state index is 0.573. The molecule has 9 aromatic rings. The van der Waals surface area contributed by atoms with Gasteiger partial charge in [-0.15, -0.1) is 0 Å². The van der Waals surface area contributed by atoms with Crippen molar-refractivity contribution < 1.29 is 0 Å².